The monoisotopic (exact) mass is 424 g/mol. The summed E-state index contributed by atoms with van der Waals surface area (Å²) >= 11 is 0. The smallest absolute Gasteiger partial charge is 1.00 e. The number of hydrogen-bond acceptors (Lipinski definition) is 8. The number of carboxylic acid groups (broad SMARTS) is 6. The van der Waals surface area contributed by atoms with E-state index in [9.17, 15) is 19.2 Å². The Morgan fingerprint density at radius 1 is 0.519 bits per heavy atom. The zero-order valence-electron chi connectivity index (χ0n) is 16.0. The third-order valence-corrected chi connectivity index (χ3v) is 2.35. The second-order valence-electron chi connectivity index (χ2n) is 4.61. The van der Waals surface area contributed by atoms with Crippen molar-refractivity contribution in [1.29, 1.82) is 0 Å². The Hall–Kier alpha value is -2.00. The van der Waals surface area contributed by atoms with Crippen LogP contribution in [-0.4, -0.2) is 153 Å². The Kier molecular flexibility index (Phi) is 17.8. The molecule has 0 atom stereocenters. The molecule has 0 aromatic rings. The van der Waals surface area contributed by atoms with Gasteiger partial charge in [0.2, 0.25) is 0 Å². The van der Waals surface area contributed by atoms with Gasteiger partial charge in [0, 0.05) is 13.1 Å². The number of nitrogens with zero attached hydrogens (tertiary/aromatic N) is 2. The molecule has 0 unspecified atom stereocenters. The summed E-state index contributed by atoms with van der Waals surface area (Å²) < 4.78 is 0. The minimum atomic E-state index is -1.82. The molecule has 0 aliphatic heterocycles. The van der Waals surface area contributed by atoms with E-state index >= 15 is 0 Å². The number of carboxylic acids is 6. The summed E-state index contributed by atoms with van der Waals surface area (Å²) in [5, 5.41) is 49.2. The van der Waals surface area contributed by atoms with Gasteiger partial charge in [-0.25, -0.2) is 9.59 Å². The van der Waals surface area contributed by atoms with Gasteiger partial charge in [0.15, 0.2) is 0 Å². The normalized spacial score (nSPS) is 9.56. The third-order valence-electron chi connectivity index (χ3n) is 2.35. The summed E-state index contributed by atoms with van der Waals surface area (Å²) in [6.45, 7) is -2.25. The van der Waals surface area contributed by atoms with Crippen molar-refractivity contribution in [3.05, 3.63) is 0 Å². The van der Waals surface area contributed by atoms with Crippen LogP contribution in [0.2, 0.25) is 0 Å². The molecule has 0 saturated heterocycles. The average molecular weight is 424 g/mol. The molecule has 15 heteroatoms. The predicted octanol–water partition coefficient (Wildman–Crippen LogP) is -3.07. The van der Waals surface area contributed by atoms with E-state index < -0.39 is 62.0 Å². The first-order valence-electron chi connectivity index (χ1n) is 6.63. The van der Waals surface area contributed by atoms with E-state index in [2.05, 4.69) is 0 Å². The van der Waals surface area contributed by atoms with E-state index in [0.717, 1.165) is 9.80 Å². The maximum Gasteiger partial charge on any atom is 2.00 e. The average Bonchev–Trinajstić information content (AvgIpc) is 2.42. The fourth-order valence-corrected chi connectivity index (χ4v) is 1.48. The molecule has 0 fully saturated rings. The molecule has 0 aromatic carbocycles. The van der Waals surface area contributed by atoms with Crippen LogP contribution in [0.15, 0.2) is 0 Å². The SMILES string of the molecule is O=C(O)C(=O)O.O=C(O)CN(CCN(CC(=O)O)CC(=O)O)CC(=O)O.[Ca+2].[H-].[H-]. The molecule has 0 aromatic heterocycles. The molecule has 27 heavy (non-hydrogen) atoms. The van der Waals surface area contributed by atoms with E-state index in [4.69, 9.17) is 40.2 Å². The minimum Gasteiger partial charge on any atom is -1.00 e. The number of aliphatic carboxylic acids is 6. The van der Waals surface area contributed by atoms with E-state index in [1.807, 2.05) is 0 Å². The van der Waals surface area contributed by atoms with Crippen molar-refractivity contribution >= 4 is 73.6 Å². The number of carbonyl (C=O) groups is 6. The maximum atomic E-state index is 10.6. The molecule has 0 spiro atoms. The Bertz CT molecular complexity index is 483. The van der Waals surface area contributed by atoms with Crippen molar-refractivity contribution in [2.45, 2.75) is 0 Å². The van der Waals surface area contributed by atoms with E-state index in [-0.39, 0.29) is 53.7 Å². The zero-order chi connectivity index (χ0) is 20.9. The van der Waals surface area contributed by atoms with Gasteiger partial charge in [0.1, 0.15) is 0 Å². The zero-order valence-corrected chi connectivity index (χ0v) is 16.2. The van der Waals surface area contributed by atoms with Gasteiger partial charge in [-0.05, 0) is 0 Å². The third kappa shape index (κ3) is 22.0. The Balaban J connectivity index is -0.000000186. The van der Waals surface area contributed by atoms with Crippen LogP contribution in [-0.2, 0) is 28.8 Å². The van der Waals surface area contributed by atoms with Crippen molar-refractivity contribution < 1.29 is 62.3 Å². The van der Waals surface area contributed by atoms with Gasteiger partial charge in [0.05, 0.1) is 26.2 Å². The topological polar surface area (TPSA) is 230 Å². The van der Waals surface area contributed by atoms with Crippen LogP contribution in [0.5, 0.6) is 0 Å². The molecule has 0 saturated carbocycles. The quantitative estimate of drug-likeness (QED) is 0.143. The largest absolute Gasteiger partial charge is 2.00 e. The summed E-state index contributed by atoms with van der Waals surface area (Å²) in [7, 11) is 0. The molecule has 0 amide bonds. The molecule has 6 N–H and O–H groups in total. The molecule has 0 bridgehead atoms. The fourth-order valence-electron chi connectivity index (χ4n) is 1.48. The second kappa shape index (κ2) is 16.2. The summed E-state index contributed by atoms with van der Waals surface area (Å²) in [5.41, 5.74) is 0. The predicted molar refractivity (Wildman–Crippen MR) is 86.7 cm³/mol. The van der Waals surface area contributed by atoms with Crippen LogP contribution in [0, 0.1) is 0 Å². The van der Waals surface area contributed by atoms with Crippen LogP contribution < -0.4 is 0 Å². The van der Waals surface area contributed by atoms with Gasteiger partial charge >= 0.3 is 73.6 Å². The molecule has 0 radical (unpaired) electrons. The first kappa shape index (κ1) is 29.8. The first-order valence-corrected chi connectivity index (χ1v) is 6.63. The molecule has 0 rings (SSSR count). The standard InChI is InChI=1S/C10H16N2O8.C2H2O4.Ca.2H/c13-7(14)3-11(4-8(15)16)1-2-12(5-9(17)18)6-10(19)20;3-1(4)2(5)6;;;/h1-6H2,(H,13,14)(H,15,16)(H,17,18)(H,19,20);(H,3,4)(H,5,6);;;/q;;+2;2*-1. The molecule has 0 aliphatic rings. The Labute approximate surface area is 184 Å². The molecular formula is C12H20CaN2O12. The van der Waals surface area contributed by atoms with Gasteiger partial charge < -0.3 is 33.5 Å². The summed E-state index contributed by atoms with van der Waals surface area (Å²) in [6.07, 6.45) is 0. The van der Waals surface area contributed by atoms with E-state index in [1.165, 1.54) is 0 Å². The van der Waals surface area contributed by atoms with Gasteiger partial charge in [-0.1, -0.05) is 0 Å². The molecule has 14 nitrogen and oxygen atoms in total. The fraction of sp³-hybridized carbons (Fsp3) is 0.500. The van der Waals surface area contributed by atoms with Crippen LogP contribution in [0.3, 0.4) is 0 Å². The summed E-state index contributed by atoms with van der Waals surface area (Å²) in [6, 6.07) is 0. The Morgan fingerprint density at radius 3 is 0.815 bits per heavy atom. The van der Waals surface area contributed by atoms with Gasteiger partial charge in [-0.2, -0.15) is 0 Å². The molecule has 0 aliphatic carbocycles. The van der Waals surface area contributed by atoms with Crippen LogP contribution in [0.4, 0.5) is 0 Å². The van der Waals surface area contributed by atoms with Gasteiger partial charge in [-0.15, -0.1) is 0 Å². The van der Waals surface area contributed by atoms with Gasteiger partial charge in [-0.3, -0.25) is 29.0 Å². The van der Waals surface area contributed by atoms with E-state index in [1.54, 1.807) is 0 Å². The van der Waals surface area contributed by atoms with Crippen molar-refractivity contribution in [3.63, 3.8) is 0 Å². The second-order valence-corrected chi connectivity index (χ2v) is 4.61. The molecular weight excluding hydrogens is 404 g/mol. The van der Waals surface area contributed by atoms with Crippen molar-refractivity contribution in [2.75, 3.05) is 39.3 Å². The van der Waals surface area contributed by atoms with Crippen molar-refractivity contribution in [2.24, 2.45) is 0 Å². The van der Waals surface area contributed by atoms with E-state index in [0.29, 0.717) is 0 Å². The number of hydrogen-bond donors (Lipinski definition) is 6. The summed E-state index contributed by atoms with van der Waals surface area (Å²) in [4.78, 5) is 62.6. The van der Waals surface area contributed by atoms with Crippen LogP contribution >= 0.6 is 0 Å². The number of rotatable bonds is 11. The maximum absolute atomic E-state index is 10.6. The minimum absolute atomic E-state index is 0. The van der Waals surface area contributed by atoms with Crippen molar-refractivity contribution in [1.82, 2.24) is 9.80 Å². The van der Waals surface area contributed by atoms with Crippen LogP contribution in [0.25, 0.3) is 0 Å². The van der Waals surface area contributed by atoms with Crippen molar-refractivity contribution in [3.8, 4) is 0 Å². The molecule has 152 valence electrons. The molecule has 0 heterocycles. The summed E-state index contributed by atoms with van der Waals surface area (Å²) in [5.74, 6) is -8.56. The van der Waals surface area contributed by atoms with Crippen LogP contribution in [0.1, 0.15) is 2.85 Å². The Morgan fingerprint density at radius 2 is 0.704 bits per heavy atom. The van der Waals surface area contributed by atoms with Gasteiger partial charge in [0.25, 0.3) is 0 Å². The first-order chi connectivity index (χ1) is 11.8.